The fourth-order valence-corrected chi connectivity index (χ4v) is 3.98. The van der Waals surface area contributed by atoms with Crippen molar-refractivity contribution in [1.29, 1.82) is 0 Å². The molecule has 0 spiro atoms. The number of rotatable bonds is 12. The predicted octanol–water partition coefficient (Wildman–Crippen LogP) is 5.96. The largest absolute Gasteiger partial charge is 0.459 e. The van der Waals surface area contributed by atoms with Gasteiger partial charge in [-0.3, -0.25) is 4.79 Å². The molecule has 0 aromatic heterocycles. The molecule has 3 aromatic carbocycles. The first kappa shape index (κ1) is 29.4. The molecule has 3 rings (SSSR count). The first-order chi connectivity index (χ1) is 18.7. The van der Waals surface area contributed by atoms with Crippen LogP contribution in [0.3, 0.4) is 0 Å². The molecule has 0 aliphatic heterocycles. The van der Waals surface area contributed by atoms with Gasteiger partial charge in [-0.1, -0.05) is 98.8 Å². The van der Waals surface area contributed by atoms with Gasteiger partial charge in [0.15, 0.2) is 6.04 Å². The van der Waals surface area contributed by atoms with Crippen molar-refractivity contribution in [2.75, 3.05) is 0 Å². The third kappa shape index (κ3) is 9.60. The molecule has 0 aliphatic rings. The number of benzene rings is 3. The van der Waals surface area contributed by atoms with E-state index in [1.807, 2.05) is 84.9 Å². The van der Waals surface area contributed by atoms with Crippen LogP contribution in [0.15, 0.2) is 84.9 Å². The zero-order valence-electron chi connectivity index (χ0n) is 23.0. The van der Waals surface area contributed by atoms with Gasteiger partial charge >= 0.3 is 18.0 Å². The van der Waals surface area contributed by atoms with E-state index in [1.54, 1.807) is 13.8 Å². The zero-order valence-corrected chi connectivity index (χ0v) is 23.0. The molecule has 39 heavy (non-hydrogen) atoms. The average molecular weight is 532 g/mol. The van der Waals surface area contributed by atoms with Gasteiger partial charge in [0.2, 0.25) is 0 Å². The highest BCUT2D eigenvalue weighted by atomic mass is 16.6. The summed E-state index contributed by atoms with van der Waals surface area (Å²) in [4.78, 5) is 38.6. The zero-order chi connectivity index (χ0) is 28.2. The van der Waals surface area contributed by atoms with Crippen LogP contribution in [0.2, 0.25) is 0 Å². The third-order valence-corrected chi connectivity index (χ3v) is 6.21. The maximum absolute atomic E-state index is 13.0. The number of carbonyl (C=O) groups is 3. The molecule has 0 fully saturated rings. The highest BCUT2D eigenvalue weighted by Crippen LogP contribution is 2.20. The van der Waals surface area contributed by atoms with Gasteiger partial charge in [-0.25, -0.2) is 9.59 Å². The molecule has 1 amide bonds. The van der Waals surface area contributed by atoms with E-state index in [-0.39, 0.29) is 13.2 Å². The van der Waals surface area contributed by atoms with Crippen molar-refractivity contribution in [3.63, 3.8) is 0 Å². The van der Waals surface area contributed by atoms with Crippen LogP contribution in [0.25, 0.3) is 0 Å². The molecule has 3 aromatic rings. The predicted molar refractivity (Wildman–Crippen MR) is 149 cm³/mol. The monoisotopic (exact) mass is 531 g/mol. The molecule has 206 valence electrons. The molecule has 0 saturated carbocycles. The summed E-state index contributed by atoms with van der Waals surface area (Å²) in [7, 11) is 0. The normalized spacial score (nSPS) is 13.2. The van der Waals surface area contributed by atoms with Gasteiger partial charge in [-0.05, 0) is 48.4 Å². The molecule has 1 N–H and O–H groups in total. The van der Waals surface area contributed by atoms with Crippen molar-refractivity contribution in [1.82, 2.24) is 5.32 Å². The van der Waals surface area contributed by atoms with Crippen molar-refractivity contribution in [3.05, 3.63) is 107 Å². The number of esters is 2. The molecule has 3 atom stereocenters. The van der Waals surface area contributed by atoms with Crippen LogP contribution in [-0.2, 0) is 43.4 Å². The summed E-state index contributed by atoms with van der Waals surface area (Å²) in [5.41, 5.74) is 3.58. The molecule has 0 heterocycles. The first-order valence-electron chi connectivity index (χ1n) is 13.2. The van der Waals surface area contributed by atoms with Crippen LogP contribution in [0.5, 0.6) is 0 Å². The third-order valence-electron chi connectivity index (χ3n) is 6.21. The lowest BCUT2D eigenvalue weighted by atomic mass is 9.97. The van der Waals surface area contributed by atoms with Crippen LogP contribution < -0.4 is 5.32 Å². The number of alkyl carbamates (subject to hydrolysis) is 1. The minimum atomic E-state index is -1.26. The Morgan fingerprint density at radius 1 is 0.667 bits per heavy atom. The summed E-state index contributed by atoms with van der Waals surface area (Å²) in [6.45, 7) is 7.64. The fourth-order valence-electron chi connectivity index (χ4n) is 3.98. The summed E-state index contributed by atoms with van der Waals surface area (Å²) in [5.74, 6) is -1.28. The van der Waals surface area contributed by atoms with E-state index >= 15 is 0 Å². The Balaban J connectivity index is 1.65. The molecule has 7 heteroatoms. The Bertz CT molecular complexity index is 1190. The van der Waals surface area contributed by atoms with E-state index in [4.69, 9.17) is 14.2 Å². The highest BCUT2D eigenvalue weighted by molar-refractivity contribution is 5.83. The van der Waals surface area contributed by atoms with E-state index in [1.165, 1.54) is 5.56 Å². The van der Waals surface area contributed by atoms with Crippen LogP contribution in [0, 0.1) is 5.92 Å². The Morgan fingerprint density at radius 2 is 1.21 bits per heavy atom. The summed E-state index contributed by atoms with van der Waals surface area (Å²) in [6.07, 6.45) is -0.875. The van der Waals surface area contributed by atoms with Gasteiger partial charge in [0.05, 0.1) is 5.92 Å². The van der Waals surface area contributed by atoms with Crippen molar-refractivity contribution in [3.8, 4) is 0 Å². The van der Waals surface area contributed by atoms with Crippen LogP contribution >= 0.6 is 0 Å². The summed E-state index contributed by atoms with van der Waals surface area (Å²) in [5, 5.41) is 2.52. The second-order valence-electron chi connectivity index (χ2n) is 9.98. The summed E-state index contributed by atoms with van der Waals surface area (Å²) in [6, 6.07) is 24.9. The second kappa shape index (κ2) is 14.7. The van der Waals surface area contributed by atoms with Crippen LogP contribution in [-0.4, -0.2) is 30.2 Å². The Morgan fingerprint density at radius 3 is 1.74 bits per heavy atom. The first-order valence-corrected chi connectivity index (χ1v) is 13.2. The smallest absolute Gasteiger partial charge is 0.408 e. The maximum Gasteiger partial charge on any atom is 0.408 e. The van der Waals surface area contributed by atoms with E-state index in [9.17, 15) is 14.4 Å². The Kier molecular flexibility index (Phi) is 11.1. The molecule has 0 bridgehead atoms. The molecule has 0 unspecified atom stereocenters. The van der Waals surface area contributed by atoms with Gasteiger partial charge in [0.1, 0.15) is 19.3 Å². The number of amides is 1. The number of ether oxygens (including phenoxy) is 3. The standard InChI is InChI=1S/C32H37NO6/c1-22(2)19-25-15-17-28(18-16-25)23(3)30(34)39-24(4)29(31(35)37-20-26-11-7-5-8-12-26)33-32(36)38-21-27-13-9-6-10-14-27/h5-18,22-24,29H,19-21H2,1-4H3,(H,33,36)/t23-,24+,29-/m0/s1. The molecular formula is C32H37NO6. The second-order valence-corrected chi connectivity index (χ2v) is 9.98. The Labute approximate surface area is 230 Å². The lowest BCUT2D eigenvalue weighted by Crippen LogP contribution is -2.50. The van der Waals surface area contributed by atoms with Crippen molar-refractivity contribution in [2.45, 2.75) is 65.4 Å². The molecule has 0 radical (unpaired) electrons. The van der Waals surface area contributed by atoms with E-state index in [0.29, 0.717) is 5.92 Å². The van der Waals surface area contributed by atoms with Crippen LogP contribution in [0.1, 0.15) is 55.9 Å². The lowest BCUT2D eigenvalue weighted by Gasteiger charge is -2.25. The molecule has 0 aliphatic carbocycles. The SMILES string of the molecule is CC(C)Cc1ccc([C@H](C)C(=O)O[C@H](C)[C@H](NC(=O)OCc2ccccc2)C(=O)OCc2ccccc2)cc1. The number of hydrogen-bond acceptors (Lipinski definition) is 6. The average Bonchev–Trinajstić information content (AvgIpc) is 2.94. The van der Waals surface area contributed by atoms with E-state index in [0.717, 1.165) is 23.1 Å². The number of nitrogens with one attached hydrogen (secondary N) is 1. The molecular weight excluding hydrogens is 494 g/mol. The fraction of sp³-hybridized carbons (Fsp3) is 0.344. The van der Waals surface area contributed by atoms with Gasteiger partial charge in [0, 0.05) is 0 Å². The van der Waals surface area contributed by atoms with Crippen molar-refractivity contribution in [2.24, 2.45) is 5.92 Å². The molecule has 7 nitrogen and oxygen atoms in total. The minimum Gasteiger partial charge on any atom is -0.459 e. The highest BCUT2D eigenvalue weighted by Gasteiger charge is 2.33. The van der Waals surface area contributed by atoms with Crippen LogP contribution in [0.4, 0.5) is 4.79 Å². The number of carbonyl (C=O) groups excluding carboxylic acids is 3. The lowest BCUT2D eigenvalue weighted by molar-refractivity contribution is -0.159. The summed E-state index contributed by atoms with van der Waals surface area (Å²) >= 11 is 0. The maximum atomic E-state index is 13.0. The van der Waals surface area contributed by atoms with E-state index in [2.05, 4.69) is 19.2 Å². The van der Waals surface area contributed by atoms with E-state index < -0.39 is 36.1 Å². The van der Waals surface area contributed by atoms with Gasteiger partial charge in [-0.15, -0.1) is 0 Å². The Hall–Kier alpha value is -4.13. The summed E-state index contributed by atoms with van der Waals surface area (Å²) < 4.78 is 16.4. The molecule has 0 saturated heterocycles. The van der Waals surface area contributed by atoms with Gasteiger partial charge < -0.3 is 19.5 Å². The quantitative estimate of drug-likeness (QED) is 0.229. The van der Waals surface area contributed by atoms with Crippen molar-refractivity contribution < 1.29 is 28.6 Å². The minimum absolute atomic E-state index is 0.0106. The topological polar surface area (TPSA) is 90.9 Å². The number of hydrogen-bond donors (Lipinski definition) is 1. The van der Waals surface area contributed by atoms with Gasteiger partial charge in [-0.2, -0.15) is 0 Å². The van der Waals surface area contributed by atoms with Crippen molar-refractivity contribution >= 4 is 18.0 Å². The van der Waals surface area contributed by atoms with Gasteiger partial charge in [0.25, 0.3) is 0 Å².